The molecule has 7 heteroatoms. The number of carbonyl (C=O) groups is 2. The molecule has 86 valence electrons. The third-order valence-electron chi connectivity index (χ3n) is 3.58. The molecular formula is C9H9NO5S. The van der Waals surface area contributed by atoms with E-state index in [2.05, 4.69) is 4.28 Å². The number of allylic oxidation sites excluding steroid dienone is 2. The molecular weight excluding hydrogens is 234 g/mol. The first-order valence-electron chi connectivity index (χ1n) is 4.98. The van der Waals surface area contributed by atoms with Gasteiger partial charge in [-0.2, -0.15) is 0 Å². The first kappa shape index (κ1) is 9.98. The van der Waals surface area contributed by atoms with Crippen LogP contribution in [0, 0.1) is 23.7 Å². The van der Waals surface area contributed by atoms with Gasteiger partial charge >= 0.3 is 0 Å². The van der Waals surface area contributed by atoms with E-state index in [0.29, 0.717) is 5.06 Å². The molecule has 0 N–H and O–H groups in total. The Morgan fingerprint density at radius 3 is 2.06 bits per heavy atom. The summed E-state index contributed by atoms with van der Waals surface area (Å²) in [6.45, 7) is 0. The van der Waals surface area contributed by atoms with Crippen LogP contribution < -0.4 is 0 Å². The highest BCUT2D eigenvalue weighted by Gasteiger charge is 2.60. The fraction of sp³-hybridized carbons (Fsp3) is 0.556. The Bertz CT molecular complexity index is 444. The number of nitrogens with zero attached hydrogens (tertiary/aromatic N) is 1. The number of rotatable bonds is 2. The smallest absolute Gasteiger partial charge is 0.272 e. The van der Waals surface area contributed by atoms with Gasteiger partial charge in [-0.15, -0.1) is 9.35 Å². The van der Waals surface area contributed by atoms with Crippen molar-refractivity contribution in [2.45, 2.75) is 6.42 Å². The summed E-state index contributed by atoms with van der Waals surface area (Å²) in [6, 6.07) is 0. The average Bonchev–Trinajstić information content (AvgIpc) is 2.87. The summed E-state index contributed by atoms with van der Waals surface area (Å²) < 4.78 is 25.1. The van der Waals surface area contributed by atoms with Crippen molar-refractivity contribution in [3.63, 3.8) is 0 Å². The van der Waals surface area contributed by atoms with Gasteiger partial charge < -0.3 is 0 Å². The molecule has 4 atom stereocenters. The fourth-order valence-electron chi connectivity index (χ4n) is 3.02. The lowest BCUT2D eigenvalue weighted by Crippen LogP contribution is -2.32. The summed E-state index contributed by atoms with van der Waals surface area (Å²) in [5.74, 6) is -1.76. The molecule has 1 heterocycles. The third kappa shape index (κ3) is 1.12. The Balaban J connectivity index is 1.94. The fourth-order valence-corrected chi connectivity index (χ4v) is 3.32. The lowest BCUT2D eigenvalue weighted by atomic mass is 9.85. The van der Waals surface area contributed by atoms with Crippen LogP contribution in [-0.4, -0.2) is 25.3 Å². The SMILES string of the molecule is O=C1C2C3C=C[C@@H](C3)C2C(=O)N1O[SH](=O)=O. The predicted octanol–water partition coefficient (Wildman–Crippen LogP) is -0.748. The lowest BCUT2D eigenvalue weighted by molar-refractivity contribution is -0.165. The van der Waals surface area contributed by atoms with Crippen molar-refractivity contribution in [3.8, 4) is 0 Å². The summed E-state index contributed by atoms with van der Waals surface area (Å²) in [5, 5.41) is 0.410. The maximum atomic E-state index is 11.8. The number of hydroxylamine groups is 2. The molecule has 2 bridgehead atoms. The zero-order valence-electron chi connectivity index (χ0n) is 8.11. The van der Waals surface area contributed by atoms with Crippen molar-refractivity contribution >= 4 is 22.8 Å². The van der Waals surface area contributed by atoms with Crippen LogP contribution in [0.15, 0.2) is 12.2 Å². The van der Waals surface area contributed by atoms with Gasteiger partial charge in [0.1, 0.15) is 0 Å². The first-order chi connectivity index (χ1) is 7.59. The van der Waals surface area contributed by atoms with Crippen molar-refractivity contribution in [3.05, 3.63) is 12.2 Å². The van der Waals surface area contributed by atoms with E-state index in [1.54, 1.807) is 0 Å². The quantitative estimate of drug-likeness (QED) is 0.392. The van der Waals surface area contributed by atoms with E-state index in [9.17, 15) is 18.0 Å². The van der Waals surface area contributed by atoms with Crippen molar-refractivity contribution in [2.24, 2.45) is 23.7 Å². The maximum Gasteiger partial charge on any atom is 0.278 e. The van der Waals surface area contributed by atoms with Gasteiger partial charge in [0.25, 0.3) is 22.8 Å². The van der Waals surface area contributed by atoms with Crippen molar-refractivity contribution in [1.82, 2.24) is 5.06 Å². The van der Waals surface area contributed by atoms with Gasteiger partial charge in [0, 0.05) is 0 Å². The molecule has 1 saturated heterocycles. The molecule has 2 aliphatic carbocycles. The van der Waals surface area contributed by atoms with Crippen molar-refractivity contribution in [1.29, 1.82) is 0 Å². The number of imide groups is 1. The van der Waals surface area contributed by atoms with Crippen LogP contribution in [-0.2, 0) is 24.9 Å². The van der Waals surface area contributed by atoms with Gasteiger partial charge in [-0.1, -0.05) is 12.2 Å². The van der Waals surface area contributed by atoms with Gasteiger partial charge in [0.15, 0.2) is 0 Å². The Labute approximate surface area is 93.0 Å². The molecule has 0 aromatic rings. The normalized spacial score (nSPS) is 40.2. The summed E-state index contributed by atoms with van der Waals surface area (Å²) >= 11 is 0. The van der Waals surface area contributed by atoms with Crippen molar-refractivity contribution in [2.75, 3.05) is 0 Å². The molecule has 16 heavy (non-hydrogen) atoms. The molecule has 2 fully saturated rings. The molecule has 0 spiro atoms. The Hall–Kier alpha value is -1.21. The van der Waals surface area contributed by atoms with Gasteiger partial charge in [0.05, 0.1) is 11.8 Å². The minimum atomic E-state index is -3.23. The van der Waals surface area contributed by atoms with E-state index >= 15 is 0 Å². The minimum Gasteiger partial charge on any atom is -0.272 e. The number of carbonyl (C=O) groups excluding carboxylic acids is 2. The van der Waals surface area contributed by atoms with E-state index in [0.717, 1.165) is 6.42 Å². The van der Waals surface area contributed by atoms with Crippen LogP contribution in [0.1, 0.15) is 6.42 Å². The highest BCUT2D eigenvalue weighted by molar-refractivity contribution is 7.67. The molecule has 3 rings (SSSR count). The van der Waals surface area contributed by atoms with Gasteiger partial charge in [-0.25, -0.2) is 8.42 Å². The molecule has 0 aromatic carbocycles. The van der Waals surface area contributed by atoms with Gasteiger partial charge in [-0.3, -0.25) is 9.59 Å². The molecule has 0 aromatic heterocycles. The number of hydrogen-bond acceptors (Lipinski definition) is 5. The van der Waals surface area contributed by atoms with E-state index in [4.69, 9.17) is 0 Å². The summed E-state index contributed by atoms with van der Waals surface area (Å²) in [5.41, 5.74) is 0. The van der Waals surface area contributed by atoms with Crippen LogP contribution in [0.2, 0.25) is 0 Å². The molecule has 3 aliphatic rings. The van der Waals surface area contributed by atoms with Crippen LogP contribution in [0.3, 0.4) is 0 Å². The topological polar surface area (TPSA) is 80.8 Å². The second kappa shape index (κ2) is 3.14. The van der Waals surface area contributed by atoms with Crippen molar-refractivity contribution < 1.29 is 22.3 Å². The number of fused-ring (bicyclic) bond motifs is 5. The number of amides is 2. The predicted molar refractivity (Wildman–Crippen MR) is 51.0 cm³/mol. The highest BCUT2D eigenvalue weighted by atomic mass is 32.2. The van der Waals surface area contributed by atoms with Crippen LogP contribution in [0.4, 0.5) is 0 Å². The van der Waals surface area contributed by atoms with Crippen LogP contribution in [0.25, 0.3) is 0 Å². The summed E-state index contributed by atoms with van der Waals surface area (Å²) in [7, 11) is -3.23. The molecule has 2 amide bonds. The molecule has 6 nitrogen and oxygen atoms in total. The van der Waals surface area contributed by atoms with Gasteiger partial charge in [-0.05, 0) is 18.3 Å². The minimum absolute atomic E-state index is 0.0598. The second-order valence-corrected chi connectivity index (χ2v) is 4.89. The van der Waals surface area contributed by atoms with Gasteiger partial charge in [0.2, 0.25) is 0 Å². The van der Waals surface area contributed by atoms with E-state index in [-0.39, 0.29) is 11.8 Å². The standard InChI is InChI=1S/C9H9NO5S/c11-8-6-4-1-2-5(3-4)7(6)9(12)10(8)15-16(13)14/h1-2,4-7,16H,3H2/t4-,5?,6?,7?/m0/s1. The monoisotopic (exact) mass is 243 g/mol. The third-order valence-corrected chi connectivity index (χ3v) is 3.87. The van der Waals surface area contributed by atoms with Crippen LogP contribution in [0.5, 0.6) is 0 Å². The Morgan fingerprint density at radius 2 is 1.62 bits per heavy atom. The summed E-state index contributed by atoms with van der Waals surface area (Å²) in [4.78, 5) is 23.6. The van der Waals surface area contributed by atoms with E-state index < -0.39 is 34.6 Å². The maximum absolute atomic E-state index is 11.8. The second-order valence-electron chi connectivity index (χ2n) is 4.28. The molecule has 1 aliphatic heterocycles. The summed E-state index contributed by atoms with van der Waals surface area (Å²) in [6.07, 6.45) is 4.67. The van der Waals surface area contributed by atoms with E-state index in [1.165, 1.54) is 0 Å². The largest absolute Gasteiger partial charge is 0.278 e. The zero-order chi connectivity index (χ0) is 11.4. The highest BCUT2D eigenvalue weighted by Crippen LogP contribution is 2.52. The Morgan fingerprint density at radius 1 is 1.12 bits per heavy atom. The molecule has 0 radical (unpaired) electrons. The lowest BCUT2D eigenvalue weighted by Gasteiger charge is -2.13. The average molecular weight is 243 g/mol. The number of hydrogen-bond donors (Lipinski definition) is 1. The number of thiol groups is 1. The molecule has 3 unspecified atom stereocenters. The molecule has 1 saturated carbocycles. The van der Waals surface area contributed by atoms with Crippen LogP contribution >= 0.6 is 0 Å². The first-order valence-corrected chi connectivity index (χ1v) is 6.08. The van der Waals surface area contributed by atoms with E-state index in [1.807, 2.05) is 12.2 Å². The zero-order valence-corrected chi connectivity index (χ0v) is 9.00. The Kier molecular flexibility index (Phi) is 1.96.